The highest BCUT2D eigenvalue weighted by atomic mass is 35.5. The third kappa shape index (κ3) is 3.86. The smallest absolute Gasteiger partial charge is 0.388 e. The summed E-state index contributed by atoms with van der Waals surface area (Å²) in [6.07, 6.45) is -6.09. The van der Waals surface area contributed by atoms with Gasteiger partial charge in [0.2, 0.25) is 0 Å². The molecule has 0 spiro atoms. The lowest BCUT2D eigenvalue weighted by Gasteiger charge is -2.27. The van der Waals surface area contributed by atoms with Crippen LogP contribution in [0.15, 0.2) is 18.2 Å². The van der Waals surface area contributed by atoms with Gasteiger partial charge in [0, 0.05) is 24.8 Å². The molecule has 1 fully saturated rings. The second kappa shape index (κ2) is 8.10. The number of amides is 3. The molecule has 0 radical (unpaired) electrons. The molecule has 1 aromatic heterocycles. The second-order valence-corrected chi connectivity index (χ2v) is 7.98. The third-order valence-corrected chi connectivity index (χ3v) is 5.98. The summed E-state index contributed by atoms with van der Waals surface area (Å²) < 4.78 is 68.9. The zero-order valence-electron chi connectivity index (χ0n) is 16.9. The number of likely N-dealkylation sites (N-methyl/N-ethyl adjacent to an activating group) is 1. The zero-order chi connectivity index (χ0) is 24.2. The first-order valence-electron chi connectivity index (χ1n) is 9.69. The van der Waals surface area contributed by atoms with Gasteiger partial charge in [-0.15, -0.1) is 0 Å². The minimum absolute atomic E-state index is 0.0251. The number of aliphatic hydroxyl groups is 1. The van der Waals surface area contributed by atoms with Crippen molar-refractivity contribution in [2.45, 2.75) is 31.2 Å². The molecule has 2 aromatic rings. The van der Waals surface area contributed by atoms with Crippen molar-refractivity contribution in [1.82, 2.24) is 10.3 Å². The number of nitrogens with zero attached hydrogens (tertiary/aromatic N) is 3. The van der Waals surface area contributed by atoms with E-state index in [0.29, 0.717) is 6.07 Å². The molecule has 33 heavy (non-hydrogen) atoms. The number of rotatable bonds is 3. The van der Waals surface area contributed by atoms with Crippen molar-refractivity contribution >= 4 is 35.0 Å². The van der Waals surface area contributed by atoms with Crippen molar-refractivity contribution in [2.75, 3.05) is 23.4 Å². The monoisotopic (exact) mass is 490 g/mol. The highest BCUT2D eigenvalue weighted by molar-refractivity contribution is 6.31. The number of aromatic nitrogens is 1. The molecule has 3 amide bonds. The molecule has 4 rings (SSSR count). The number of pyridine rings is 1. The Balaban J connectivity index is 1.74. The summed E-state index contributed by atoms with van der Waals surface area (Å²) in [5, 5.41) is 11.5. The molecule has 7 nitrogen and oxygen atoms in total. The van der Waals surface area contributed by atoms with Gasteiger partial charge < -0.3 is 15.3 Å². The fourth-order valence-electron chi connectivity index (χ4n) is 4.01. The van der Waals surface area contributed by atoms with Crippen LogP contribution in [0.2, 0.25) is 5.02 Å². The Bertz CT molecular complexity index is 1160. The van der Waals surface area contributed by atoms with Crippen LogP contribution >= 0.6 is 11.6 Å². The van der Waals surface area contributed by atoms with E-state index in [2.05, 4.69) is 10.3 Å². The van der Waals surface area contributed by atoms with Crippen molar-refractivity contribution in [3.8, 4) is 0 Å². The number of aryl methyl sites for hydroxylation is 1. The summed E-state index contributed by atoms with van der Waals surface area (Å²) in [6.45, 7) is -0.290. The zero-order valence-corrected chi connectivity index (χ0v) is 17.6. The first kappa shape index (κ1) is 23.2. The average Bonchev–Trinajstić information content (AvgIpc) is 3.32. The van der Waals surface area contributed by atoms with E-state index in [4.69, 9.17) is 11.6 Å². The van der Waals surface area contributed by atoms with Gasteiger partial charge >= 0.3 is 12.2 Å². The van der Waals surface area contributed by atoms with Crippen LogP contribution in [0.3, 0.4) is 0 Å². The maximum Gasteiger partial charge on any atom is 0.416 e. The number of carbonyl (C=O) groups is 2. The lowest BCUT2D eigenvalue weighted by atomic mass is 10.0. The highest BCUT2D eigenvalue weighted by Gasteiger charge is 2.44. The molecule has 2 atom stereocenters. The Morgan fingerprint density at radius 3 is 2.70 bits per heavy atom. The quantitative estimate of drug-likeness (QED) is 0.509. The SMILES string of the molecule is CN(C(=O)[C@@H]1CNC(=O)N1c1cc(C(F)(F)F)c2c(n1)CC[C@H]2O)c1ccc(F)c(Cl)c1F. The van der Waals surface area contributed by atoms with Gasteiger partial charge in [-0.2, -0.15) is 13.2 Å². The van der Waals surface area contributed by atoms with Gasteiger partial charge in [-0.05, 0) is 31.0 Å². The van der Waals surface area contributed by atoms with Crippen molar-refractivity contribution in [1.29, 1.82) is 0 Å². The summed E-state index contributed by atoms with van der Waals surface area (Å²) in [6, 6.07) is 0.180. The van der Waals surface area contributed by atoms with Crippen molar-refractivity contribution in [3.63, 3.8) is 0 Å². The van der Waals surface area contributed by atoms with Gasteiger partial charge in [0.05, 0.1) is 17.4 Å². The van der Waals surface area contributed by atoms with E-state index < -0.39 is 58.3 Å². The minimum Gasteiger partial charge on any atom is -0.388 e. The predicted octanol–water partition coefficient (Wildman–Crippen LogP) is 3.57. The van der Waals surface area contributed by atoms with Gasteiger partial charge in [0.15, 0.2) is 5.82 Å². The molecule has 1 aliphatic heterocycles. The van der Waals surface area contributed by atoms with E-state index in [1.54, 1.807) is 0 Å². The molecule has 2 aliphatic rings. The lowest BCUT2D eigenvalue weighted by Crippen LogP contribution is -2.47. The van der Waals surface area contributed by atoms with E-state index in [1.807, 2.05) is 0 Å². The standard InChI is InChI=1S/C20H16ClF5N4O3/c1-29(11-4-2-9(22)16(21)17(11)23)18(32)12-7-27-19(33)30(12)14-6-8(20(24,25)26)15-10(28-14)3-5-13(15)31/h2,4,6,12-13,31H,3,5,7H2,1H3,(H,27,33)/t12-,13+/m0/s1. The van der Waals surface area contributed by atoms with Gasteiger partial charge in [-0.1, -0.05) is 11.6 Å². The Morgan fingerprint density at radius 1 is 1.33 bits per heavy atom. The minimum atomic E-state index is -4.84. The topological polar surface area (TPSA) is 85.8 Å². The predicted molar refractivity (Wildman–Crippen MR) is 107 cm³/mol. The Labute approximate surface area is 188 Å². The van der Waals surface area contributed by atoms with Crippen LogP contribution in [0.4, 0.5) is 38.3 Å². The molecule has 0 unspecified atom stereocenters. The fourth-order valence-corrected chi connectivity index (χ4v) is 4.17. The van der Waals surface area contributed by atoms with Gasteiger partial charge in [-0.25, -0.2) is 18.6 Å². The first-order chi connectivity index (χ1) is 15.4. The molecule has 0 bridgehead atoms. The van der Waals surface area contributed by atoms with E-state index >= 15 is 0 Å². The Kier molecular flexibility index (Phi) is 5.69. The lowest BCUT2D eigenvalue weighted by molar-refractivity contribution is -0.139. The summed E-state index contributed by atoms with van der Waals surface area (Å²) in [7, 11) is 1.16. The third-order valence-electron chi connectivity index (χ3n) is 5.63. The van der Waals surface area contributed by atoms with Crippen molar-refractivity contribution in [3.05, 3.63) is 51.7 Å². The number of carbonyl (C=O) groups excluding carboxylic acids is 2. The number of urea groups is 1. The number of anilines is 2. The first-order valence-corrected chi connectivity index (χ1v) is 10.1. The number of fused-ring (bicyclic) bond motifs is 1. The molecule has 1 saturated heterocycles. The largest absolute Gasteiger partial charge is 0.416 e. The van der Waals surface area contributed by atoms with Crippen LogP contribution in [-0.2, 0) is 17.4 Å². The van der Waals surface area contributed by atoms with Crippen LogP contribution in [0.1, 0.15) is 29.3 Å². The van der Waals surface area contributed by atoms with E-state index in [1.165, 1.54) is 0 Å². The number of benzene rings is 1. The van der Waals surface area contributed by atoms with Crippen LogP contribution in [0.25, 0.3) is 0 Å². The normalized spacial score (nSPS) is 20.1. The number of alkyl halides is 3. The highest BCUT2D eigenvalue weighted by Crippen LogP contribution is 2.43. The number of nitrogens with one attached hydrogen (secondary N) is 1. The Hall–Kier alpha value is -2.99. The summed E-state index contributed by atoms with van der Waals surface area (Å²) in [5.74, 6) is -3.55. The number of hydrogen-bond donors (Lipinski definition) is 2. The molecule has 176 valence electrons. The number of halogens is 6. The molecule has 1 aromatic carbocycles. The van der Waals surface area contributed by atoms with Gasteiger partial charge in [-0.3, -0.25) is 9.69 Å². The van der Waals surface area contributed by atoms with Crippen LogP contribution in [0, 0.1) is 11.6 Å². The van der Waals surface area contributed by atoms with Crippen LogP contribution in [-0.4, -0.2) is 41.7 Å². The van der Waals surface area contributed by atoms with Crippen molar-refractivity contribution < 1.29 is 36.6 Å². The molecule has 13 heteroatoms. The second-order valence-electron chi connectivity index (χ2n) is 7.60. The summed E-state index contributed by atoms with van der Waals surface area (Å²) in [5.41, 5.74) is -1.91. The molecule has 1 aliphatic carbocycles. The van der Waals surface area contributed by atoms with Gasteiger partial charge in [0.1, 0.15) is 22.7 Å². The average molecular weight is 491 g/mol. The molecule has 2 heterocycles. The molecule has 2 N–H and O–H groups in total. The fraction of sp³-hybridized carbons (Fsp3) is 0.350. The molecule has 0 saturated carbocycles. The number of hydrogen-bond acceptors (Lipinski definition) is 4. The summed E-state index contributed by atoms with van der Waals surface area (Å²) in [4.78, 5) is 31.2. The maximum atomic E-state index is 14.4. The van der Waals surface area contributed by atoms with Crippen LogP contribution < -0.4 is 15.1 Å². The van der Waals surface area contributed by atoms with E-state index in [9.17, 15) is 36.6 Å². The maximum absolute atomic E-state index is 14.4. The van der Waals surface area contributed by atoms with Gasteiger partial charge in [0.25, 0.3) is 5.91 Å². The van der Waals surface area contributed by atoms with Crippen LogP contribution in [0.5, 0.6) is 0 Å². The van der Waals surface area contributed by atoms with Crippen molar-refractivity contribution in [2.24, 2.45) is 0 Å². The molecular weight excluding hydrogens is 475 g/mol. The Morgan fingerprint density at radius 2 is 2.03 bits per heavy atom. The van der Waals surface area contributed by atoms with E-state index in [0.717, 1.165) is 29.0 Å². The molecular formula is C20H16ClF5N4O3. The van der Waals surface area contributed by atoms with E-state index in [-0.39, 0.29) is 36.3 Å². The summed E-state index contributed by atoms with van der Waals surface area (Å²) >= 11 is 5.56. The number of aliphatic hydroxyl groups excluding tert-OH is 1.